The van der Waals surface area contributed by atoms with Gasteiger partial charge in [0, 0.05) is 17.4 Å². The monoisotopic (exact) mass is 463 g/mol. The van der Waals surface area contributed by atoms with E-state index in [0.717, 1.165) is 22.5 Å². The molecule has 1 N–H and O–H groups in total. The van der Waals surface area contributed by atoms with Crippen molar-refractivity contribution in [1.29, 1.82) is 0 Å². The molecule has 0 aliphatic rings. The Morgan fingerprint density at radius 1 is 0.818 bits per heavy atom. The standard InChI is InChI=1S/C24H25N5O3S/c1-15-12-17(3)22(13-16(15)2)33(30,31)28-20-6-8-21(9-7-20)32-24-11-10-23(25-26-24)29-19(5)14-18(4)27-29/h6-14,28H,1-5H3. The first-order chi connectivity index (χ1) is 15.6. The van der Waals surface area contributed by atoms with E-state index in [4.69, 9.17) is 4.74 Å². The van der Waals surface area contributed by atoms with Gasteiger partial charge < -0.3 is 4.74 Å². The topological polar surface area (TPSA) is 99.0 Å². The van der Waals surface area contributed by atoms with Crippen LogP contribution in [0.5, 0.6) is 11.6 Å². The van der Waals surface area contributed by atoms with Crippen LogP contribution in [0.2, 0.25) is 0 Å². The van der Waals surface area contributed by atoms with Crippen LogP contribution in [0.4, 0.5) is 5.69 Å². The van der Waals surface area contributed by atoms with Crippen LogP contribution in [0.3, 0.4) is 0 Å². The highest BCUT2D eigenvalue weighted by Crippen LogP contribution is 2.25. The van der Waals surface area contributed by atoms with E-state index in [1.165, 1.54) is 0 Å². The van der Waals surface area contributed by atoms with Gasteiger partial charge in [-0.1, -0.05) is 6.07 Å². The quantitative estimate of drug-likeness (QED) is 0.441. The van der Waals surface area contributed by atoms with Gasteiger partial charge in [-0.2, -0.15) is 5.10 Å². The van der Waals surface area contributed by atoms with E-state index in [0.29, 0.717) is 28.7 Å². The van der Waals surface area contributed by atoms with Gasteiger partial charge in [-0.3, -0.25) is 4.72 Å². The zero-order valence-electron chi connectivity index (χ0n) is 19.1. The van der Waals surface area contributed by atoms with Crippen molar-refractivity contribution in [2.24, 2.45) is 0 Å². The maximum atomic E-state index is 12.9. The molecule has 0 saturated heterocycles. The largest absolute Gasteiger partial charge is 0.438 e. The first-order valence-electron chi connectivity index (χ1n) is 10.4. The molecule has 8 nitrogen and oxygen atoms in total. The number of ether oxygens (including phenoxy) is 1. The second-order valence-electron chi connectivity index (χ2n) is 8.00. The highest BCUT2D eigenvalue weighted by atomic mass is 32.2. The number of nitrogens with zero attached hydrogens (tertiary/aromatic N) is 4. The van der Waals surface area contributed by atoms with Crippen LogP contribution < -0.4 is 9.46 Å². The molecule has 4 rings (SSSR count). The summed E-state index contributed by atoms with van der Waals surface area (Å²) in [5, 5.41) is 12.7. The molecular formula is C24H25N5O3S. The molecule has 33 heavy (non-hydrogen) atoms. The summed E-state index contributed by atoms with van der Waals surface area (Å²) < 4.78 is 35.8. The van der Waals surface area contributed by atoms with Gasteiger partial charge in [-0.15, -0.1) is 10.2 Å². The van der Waals surface area contributed by atoms with Gasteiger partial charge in [0.2, 0.25) is 5.88 Å². The summed E-state index contributed by atoms with van der Waals surface area (Å²) in [5.74, 6) is 1.42. The fraction of sp³-hybridized carbons (Fsp3) is 0.208. The Labute approximate surface area is 193 Å². The first kappa shape index (κ1) is 22.5. The zero-order valence-corrected chi connectivity index (χ0v) is 19.9. The fourth-order valence-corrected chi connectivity index (χ4v) is 4.86. The number of aryl methyl sites for hydroxylation is 5. The van der Waals surface area contributed by atoms with Gasteiger partial charge in [0.05, 0.1) is 10.6 Å². The highest BCUT2D eigenvalue weighted by molar-refractivity contribution is 7.92. The summed E-state index contributed by atoms with van der Waals surface area (Å²) in [7, 11) is -3.71. The second kappa shape index (κ2) is 8.67. The zero-order chi connectivity index (χ0) is 23.8. The van der Waals surface area contributed by atoms with Crippen molar-refractivity contribution >= 4 is 15.7 Å². The molecule has 0 aliphatic heterocycles. The number of hydrogen-bond donors (Lipinski definition) is 1. The lowest BCUT2D eigenvalue weighted by Gasteiger charge is -2.13. The molecule has 0 radical (unpaired) electrons. The van der Waals surface area contributed by atoms with E-state index < -0.39 is 10.0 Å². The summed E-state index contributed by atoms with van der Waals surface area (Å²) in [6, 6.07) is 15.6. The molecule has 0 fully saturated rings. The van der Waals surface area contributed by atoms with Crippen LogP contribution in [-0.4, -0.2) is 28.4 Å². The number of rotatable bonds is 6. The Balaban J connectivity index is 1.46. The van der Waals surface area contributed by atoms with Gasteiger partial charge in [0.1, 0.15) is 5.75 Å². The Hall–Kier alpha value is -3.72. The first-order valence-corrected chi connectivity index (χ1v) is 11.9. The summed E-state index contributed by atoms with van der Waals surface area (Å²) in [5.41, 5.74) is 4.98. The van der Waals surface area contributed by atoms with Crippen molar-refractivity contribution in [2.45, 2.75) is 39.5 Å². The molecule has 0 bridgehead atoms. The third kappa shape index (κ3) is 4.88. The van der Waals surface area contributed by atoms with Crippen molar-refractivity contribution in [3.8, 4) is 17.4 Å². The number of sulfonamides is 1. The lowest BCUT2D eigenvalue weighted by atomic mass is 10.1. The van der Waals surface area contributed by atoms with Gasteiger partial charge >= 0.3 is 0 Å². The maximum Gasteiger partial charge on any atom is 0.262 e. The molecule has 2 aromatic carbocycles. The summed E-state index contributed by atoms with van der Waals surface area (Å²) >= 11 is 0. The van der Waals surface area contributed by atoms with Crippen molar-refractivity contribution in [3.63, 3.8) is 0 Å². The third-order valence-electron chi connectivity index (χ3n) is 5.26. The SMILES string of the molecule is Cc1cc(C)n(-c2ccc(Oc3ccc(NS(=O)(=O)c4cc(C)c(C)cc4C)cc3)nn2)n1. The van der Waals surface area contributed by atoms with E-state index in [1.807, 2.05) is 39.8 Å². The van der Waals surface area contributed by atoms with Crippen LogP contribution in [-0.2, 0) is 10.0 Å². The molecule has 0 spiro atoms. The van der Waals surface area contributed by atoms with Crippen molar-refractivity contribution in [1.82, 2.24) is 20.0 Å². The number of benzene rings is 2. The van der Waals surface area contributed by atoms with E-state index >= 15 is 0 Å². The minimum Gasteiger partial charge on any atom is -0.438 e. The van der Waals surface area contributed by atoms with Gasteiger partial charge in [0.25, 0.3) is 10.0 Å². The van der Waals surface area contributed by atoms with Crippen LogP contribution in [0.15, 0.2) is 59.5 Å². The van der Waals surface area contributed by atoms with E-state index in [-0.39, 0.29) is 4.90 Å². The Morgan fingerprint density at radius 3 is 2.12 bits per heavy atom. The lowest BCUT2D eigenvalue weighted by molar-refractivity contribution is 0.454. The van der Waals surface area contributed by atoms with Crippen LogP contribution in [0.1, 0.15) is 28.1 Å². The van der Waals surface area contributed by atoms with Gasteiger partial charge in [0.15, 0.2) is 5.82 Å². The molecule has 170 valence electrons. The Kier molecular flexibility index (Phi) is 5.90. The normalized spacial score (nSPS) is 11.4. The number of hydrogen-bond acceptors (Lipinski definition) is 6. The molecule has 2 heterocycles. The molecule has 0 aliphatic carbocycles. The Bertz CT molecular complexity index is 1410. The van der Waals surface area contributed by atoms with Gasteiger partial charge in [-0.05, 0) is 93.8 Å². The van der Waals surface area contributed by atoms with E-state index in [2.05, 4.69) is 20.0 Å². The summed E-state index contributed by atoms with van der Waals surface area (Å²) in [4.78, 5) is 0.268. The highest BCUT2D eigenvalue weighted by Gasteiger charge is 2.18. The molecule has 0 atom stereocenters. The smallest absolute Gasteiger partial charge is 0.262 e. The molecular weight excluding hydrogens is 438 g/mol. The number of anilines is 1. The Morgan fingerprint density at radius 2 is 1.52 bits per heavy atom. The predicted molar refractivity (Wildman–Crippen MR) is 127 cm³/mol. The van der Waals surface area contributed by atoms with Gasteiger partial charge in [-0.25, -0.2) is 13.1 Å². The second-order valence-corrected chi connectivity index (χ2v) is 9.65. The maximum absolute atomic E-state index is 12.9. The van der Waals surface area contributed by atoms with E-state index in [1.54, 1.807) is 54.1 Å². The van der Waals surface area contributed by atoms with Crippen molar-refractivity contribution in [2.75, 3.05) is 4.72 Å². The fourth-order valence-electron chi connectivity index (χ4n) is 3.49. The predicted octanol–water partition coefficient (Wildman–Crippen LogP) is 4.80. The van der Waals surface area contributed by atoms with Crippen molar-refractivity contribution in [3.05, 3.63) is 82.7 Å². The van der Waals surface area contributed by atoms with Crippen LogP contribution >= 0.6 is 0 Å². The number of nitrogens with one attached hydrogen (secondary N) is 1. The van der Waals surface area contributed by atoms with Crippen LogP contribution in [0, 0.1) is 34.6 Å². The molecule has 0 saturated carbocycles. The molecule has 4 aromatic rings. The lowest BCUT2D eigenvalue weighted by Crippen LogP contribution is -2.14. The third-order valence-corrected chi connectivity index (χ3v) is 6.79. The molecule has 2 aromatic heterocycles. The average Bonchev–Trinajstić information content (AvgIpc) is 3.10. The van der Waals surface area contributed by atoms with Crippen LogP contribution in [0.25, 0.3) is 5.82 Å². The van der Waals surface area contributed by atoms with E-state index in [9.17, 15) is 8.42 Å². The number of aromatic nitrogens is 4. The summed E-state index contributed by atoms with van der Waals surface area (Å²) in [6.45, 7) is 9.51. The van der Waals surface area contributed by atoms with Crippen molar-refractivity contribution < 1.29 is 13.2 Å². The minimum atomic E-state index is -3.71. The average molecular weight is 464 g/mol. The molecule has 0 unspecified atom stereocenters. The summed E-state index contributed by atoms with van der Waals surface area (Å²) in [6.07, 6.45) is 0. The molecule has 0 amide bonds. The minimum absolute atomic E-state index is 0.268. The molecule has 9 heteroatoms.